The standard InChI is InChI=1S/C8H9F3N2O3/c9-8(10,11)3-1-2-4-13-6(15)5(14)12-7(13)16/h1-4H2,(H,12,14,16). The normalized spacial score (nSPS) is 16.9. The van der Waals surface area contributed by atoms with Gasteiger partial charge in [0.05, 0.1) is 0 Å². The Bertz CT molecular complexity index is 327. The van der Waals surface area contributed by atoms with Gasteiger partial charge in [-0.05, 0) is 12.8 Å². The topological polar surface area (TPSA) is 66.5 Å². The Balaban J connectivity index is 2.31. The molecule has 0 aromatic heterocycles. The first-order chi connectivity index (χ1) is 7.31. The number of halogens is 3. The Hall–Kier alpha value is -1.60. The summed E-state index contributed by atoms with van der Waals surface area (Å²) in [5, 5.41) is 1.75. The molecule has 1 heterocycles. The molecule has 8 heteroatoms. The molecule has 0 unspecified atom stereocenters. The average Bonchev–Trinajstić information content (AvgIpc) is 2.36. The summed E-state index contributed by atoms with van der Waals surface area (Å²) in [5.74, 6) is -2.06. The molecular weight excluding hydrogens is 229 g/mol. The number of nitrogens with zero attached hydrogens (tertiary/aromatic N) is 1. The molecule has 1 saturated heterocycles. The van der Waals surface area contributed by atoms with Gasteiger partial charge in [0.15, 0.2) is 0 Å². The Labute approximate surface area is 88.6 Å². The monoisotopic (exact) mass is 238 g/mol. The number of imide groups is 2. The van der Waals surface area contributed by atoms with E-state index in [4.69, 9.17) is 0 Å². The van der Waals surface area contributed by atoms with Crippen molar-refractivity contribution < 1.29 is 27.6 Å². The third-order valence-electron chi connectivity index (χ3n) is 2.00. The van der Waals surface area contributed by atoms with Crippen LogP contribution < -0.4 is 5.32 Å². The first-order valence-electron chi connectivity index (χ1n) is 4.55. The number of carbonyl (C=O) groups excluding carboxylic acids is 3. The van der Waals surface area contributed by atoms with Crippen molar-refractivity contribution >= 4 is 17.8 Å². The minimum absolute atomic E-state index is 0.0198. The van der Waals surface area contributed by atoms with E-state index in [0.717, 1.165) is 0 Å². The average molecular weight is 238 g/mol. The van der Waals surface area contributed by atoms with Crippen LogP contribution in [-0.4, -0.2) is 35.5 Å². The van der Waals surface area contributed by atoms with Gasteiger partial charge in [0.2, 0.25) is 0 Å². The van der Waals surface area contributed by atoms with Gasteiger partial charge in [0.25, 0.3) is 0 Å². The van der Waals surface area contributed by atoms with Gasteiger partial charge >= 0.3 is 24.0 Å². The summed E-state index contributed by atoms with van der Waals surface area (Å²) in [7, 11) is 0. The quantitative estimate of drug-likeness (QED) is 0.447. The Morgan fingerprint density at radius 3 is 2.19 bits per heavy atom. The van der Waals surface area contributed by atoms with E-state index in [1.54, 1.807) is 5.32 Å². The summed E-state index contributed by atoms with van der Waals surface area (Å²) >= 11 is 0. The van der Waals surface area contributed by atoms with Crippen LogP contribution >= 0.6 is 0 Å². The molecule has 0 bridgehead atoms. The van der Waals surface area contributed by atoms with E-state index < -0.39 is 30.4 Å². The molecule has 16 heavy (non-hydrogen) atoms. The number of rotatable bonds is 4. The molecule has 0 spiro atoms. The van der Waals surface area contributed by atoms with E-state index in [-0.39, 0.29) is 19.4 Å². The fourth-order valence-electron chi connectivity index (χ4n) is 1.23. The lowest BCUT2D eigenvalue weighted by atomic mass is 10.2. The van der Waals surface area contributed by atoms with Crippen LogP contribution in [0.4, 0.5) is 18.0 Å². The molecule has 1 aliphatic heterocycles. The first-order valence-corrected chi connectivity index (χ1v) is 4.55. The summed E-state index contributed by atoms with van der Waals surface area (Å²) in [6, 6.07) is -0.873. The van der Waals surface area contributed by atoms with Crippen molar-refractivity contribution in [2.75, 3.05) is 6.54 Å². The van der Waals surface area contributed by atoms with Crippen molar-refractivity contribution in [3.8, 4) is 0 Å². The summed E-state index contributed by atoms with van der Waals surface area (Å²) in [6.07, 6.45) is -5.38. The molecule has 0 saturated carbocycles. The molecule has 90 valence electrons. The molecule has 5 nitrogen and oxygen atoms in total. The zero-order chi connectivity index (χ0) is 12.3. The lowest BCUT2D eigenvalue weighted by molar-refractivity contribution is -0.140. The van der Waals surface area contributed by atoms with Crippen LogP contribution in [0, 0.1) is 0 Å². The summed E-state index contributed by atoms with van der Waals surface area (Å²) in [5.41, 5.74) is 0. The highest BCUT2D eigenvalue weighted by molar-refractivity contribution is 6.44. The maximum Gasteiger partial charge on any atom is 0.389 e. The third kappa shape index (κ3) is 3.21. The van der Waals surface area contributed by atoms with Gasteiger partial charge < -0.3 is 0 Å². The van der Waals surface area contributed by atoms with Crippen molar-refractivity contribution in [2.24, 2.45) is 0 Å². The molecule has 1 aliphatic rings. The second kappa shape index (κ2) is 4.50. The number of unbranched alkanes of at least 4 members (excludes halogenated alkanes) is 1. The Morgan fingerprint density at radius 2 is 1.75 bits per heavy atom. The van der Waals surface area contributed by atoms with Crippen molar-refractivity contribution in [1.82, 2.24) is 10.2 Å². The third-order valence-corrected chi connectivity index (χ3v) is 2.00. The van der Waals surface area contributed by atoms with Crippen LogP contribution in [0.25, 0.3) is 0 Å². The van der Waals surface area contributed by atoms with Crippen molar-refractivity contribution in [2.45, 2.75) is 25.4 Å². The van der Waals surface area contributed by atoms with Crippen LogP contribution in [-0.2, 0) is 9.59 Å². The van der Waals surface area contributed by atoms with Crippen molar-refractivity contribution in [3.05, 3.63) is 0 Å². The highest BCUT2D eigenvalue weighted by Crippen LogP contribution is 2.22. The lowest BCUT2D eigenvalue weighted by Gasteiger charge is -2.11. The fraction of sp³-hybridized carbons (Fsp3) is 0.625. The van der Waals surface area contributed by atoms with Gasteiger partial charge in [0.1, 0.15) is 0 Å². The van der Waals surface area contributed by atoms with E-state index in [9.17, 15) is 27.6 Å². The first kappa shape index (κ1) is 12.5. The van der Waals surface area contributed by atoms with Crippen molar-refractivity contribution in [3.63, 3.8) is 0 Å². The predicted octanol–water partition coefficient (Wildman–Crippen LogP) is 0.797. The van der Waals surface area contributed by atoms with E-state index in [1.165, 1.54) is 0 Å². The van der Waals surface area contributed by atoms with Gasteiger partial charge in [-0.1, -0.05) is 0 Å². The van der Waals surface area contributed by atoms with Crippen LogP contribution in [0.3, 0.4) is 0 Å². The number of amides is 4. The minimum atomic E-state index is -4.24. The molecule has 1 rings (SSSR count). The maximum absolute atomic E-state index is 11.8. The smallest absolute Gasteiger partial charge is 0.269 e. The van der Waals surface area contributed by atoms with Gasteiger partial charge in [-0.25, -0.2) is 4.79 Å². The van der Waals surface area contributed by atoms with E-state index >= 15 is 0 Å². The molecule has 0 aliphatic carbocycles. The predicted molar refractivity (Wildman–Crippen MR) is 45.2 cm³/mol. The lowest BCUT2D eigenvalue weighted by Crippen LogP contribution is -2.32. The minimum Gasteiger partial charge on any atom is -0.269 e. The van der Waals surface area contributed by atoms with E-state index in [1.807, 2.05) is 0 Å². The second-order valence-electron chi connectivity index (χ2n) is 3.29. The number of hydrogen-bond donors (Lipinski definition) is 1. The Kier molecular flexibility index (Phi) is 3.51. The van der Waals surface area contributed by atoms with Gasteiger partial charge in [0, 0.05) is 13.0 Å². The molecule has 4 amide bonds. The van der Waals surface area contributed by atoms with Gasteiger partial charge in [-0.2, -0.15) is 13.2 Å². The number of hydrogen-bond acceptors (Lipinski definition) is 3. The number of urea groups is 1. The molecule has 0 aromatic rings. The van der Waals surface area contributed by atoms with Crippen LogP contribution in [0.2, 0.25) is 0 Å². The molecule has 1 fully saturated rings. The zero-order valence-electron chi connectivity index (χ0n) is 8.13. The van der Waals surface area contributed by atoms with Crippen LogP contribution in [0.5, 0.6) is 0 Å². The van der Waals surface area contributed by atoms with Gasteiger partial charge in [-0.15, -0.1) is 0 Å². The molecular formula is C8H9F3N2O3. The van der Waals surface area contributed by atoms with E-state index in [2.05, 4.69) is 0 Å². The van der Waals surface area contributed by atoms with E-state index in [0.29, 0.717) is 4.90 Å². The molecule has 0 radical (unpaired) electrons. The number of carbonyl (C=O) groups is 3. The highest BCUT2D eigenvalue weighted by atomic mass is 19.4. The van der Waals surface area contributed by atoms with Crippen LogP contribution in [0.1, 0.15) is 19.3 Å². The second-order valence-corrected chi connectivity index (χ2v) is 3.29. The number of alkyl halides is 3. The maximum atomic E-state index is 11.8. The van der Waals surface area contributed by atoms with Crippen LogP contribution in [0.15, 0.2) is 0 Å². The zero-order valence-corrected chi connectivity index (χ0v) is 8.13. The number of nitrogens with one attached hydrogen (secondary N) is 1. The summed E-state index contributed by atoms with van der Waals surface area (Å²) < 4.78 is 35.3. The molecule has 0 aromatic carbocycles. The van der Waals surface area contributed by atoms with Gasteiger partial charge in [-0.3, -0.25) is 19.8 Å². The largest absolute Gasteiger partial charge is 0.389 e. The SMILES string of the molecule is O=C1NC(=O)N(CCCCC(F)(F)F)C1=O. The molecule has 0 atom stereocenters. The summed E-state index contributed by atoms with van der Waals surface area (Å²) in [6.45, 7) is -0.174. The summed E-state index contributed by atoms with van der Waals surface area (Å²) in [4.78, 5) is 33.2. The fourth-order valence-corrected chi connectivity index (χ4v) is 1.23. The molecule has 1 N–H and O–H groups in total. The Morgan fingerprint density at radius 1 is 1.12 bits per heavy atom. The van der Waals surface area contributed by atoms with Crippen molar-refractivity contribution in [1.29, 1.82) is 0 Å². The highest BCUT2D eigenvalue weighted by Gasteiger charge is 2.36.